The molecule has 1 aliphatic heterocycles. The van der Waals surface area contributed by atoms with E-state index in [1.807, 2.05) is 11.3 Å². The van der Waals surface area contributed by atoms with Gasteiger partial charge >= 0.3 is 0 Å². The molecule has 0 bridgehead atoms. The summed E-state index contributed by atoms with van der Waals surface area (Å²) in [5, 5.41) is 3.59. The summed E-state index contributed by atoms with van der Waals surface area (Å²) < 4.78 is 0. The highest BCUT2D eigenvalue weighted by Crippen LogP contribution is 2.24. The van der Waals surface area contributed by atoms with Gasteiger partial charge in [0.1, 0.15) is 0 Å². The van der Waals surface area contributed by atoms with Gasteiger partial charge in [-0.3, -0.25) is 4.90 Å². The monoisotopic (exact) mass is 309 g/mol. The maximum atomic E-state index is 3.59. The maximum Gasteiger partial charge on any atom is 0.0304 e. The Kier molecular flexibility index (Phi) is 5.83. The fourth-order valence-electron chi connectivity index (χ4n) is 2.69. The van der Waals surface area contributed by atoms with Gasteiger partial charge in [0.2, 0.25) is 0 Å². The normalized spacial score (nSPS) is 18.3. The molecule has 120 valence electrons. The van der Waals surface area contributed by atoms with Crippen molar-refractivity contribution in [1.82, 2.24) is 15.1 Å². The predicted molar refractivity (Wildman–Crippen MR) is 93.0 cm³/mol. The van der Waals surface area contributed by atoms with Crippen molar-refractivity contribution < 1.29 is 0 Å². The zero-order chi connectivity index (χ0) is 15.5. The summed E-state index contributed by atoms with van der Waals surface area (Å²) in [6, 6.07) is 2.41. The molecule has 0 atom stereocenters. The standard InChI is InChI=1S/C17H31N3S/c1-6-19-7-9-20(10-8-19)13-15-11-16(21-14(15)2)12-18-17(3,4)5/h11,18H,6-10,12-13H2,1-5H3. The molecule has 1 N–H and O–H groups in total. The Morgan fingerprint density at radius 2 is 1.76 bits per heavy atom. The number of piperazine rings is 1. The highest BCUT2D eigenvalue weighted by Gasteiger charge is 2.17. The quantitative estimate of drug-likeness (QED) is 0.902. The van der Waals surface area contributed by atoms with Crippen molar-refractivity contribution in [2.24, 2.45) is 0 Å². The van der Waals surface area contributed by atoms with E-state index in [1.54, 1.807) is 0 Å². The van der Waals surface area contributed by atoms with E-state index in [-0.39, 0.29) is 5.54 Å². The zero-order valence-corrected chi connectivity index (χ0v) is 15.1. The number of thiophene rings is 1. The summed E-state index contributed by atoms with van der Waals surface area (Å²) >= 11 is 1.95. The molecule has 1 aromatic rings. The number of aryl methyl sites for hydroxylation is 1. The molecule has 1 aromatic heterocycles. The number of nitrogens with one attached hydrogen (secondary N) is 1. The Balaban J connectivity index is 1.88. The van der Waals surface area contributed by atoms with E-state index in [9.17, 15) is 0 Å². The highest BCUT2D eigenvalue weighted by molar-refractivity contribution is 7.12. The lowest BCUT2D eigenvalue weighted by Gasteiger charge is -2.34. The van der Waals surface area contributed by atoms with Crippen LogP contribution in [0.15, 0.2) is 6.07 Å². The average Bonchev–Trinajstić information content (AvgIpc) is 2.77. The topological polar surface area (TPSA) is 18.5 Å². The van der Waals surface area contributed by atoms with E-state index in [1.165, 1.54) is 48.0 Å². The van der Waals surface area contributed by atoms with Gasteiger partial charge in [-0.05, 0) is 45.9 Å². The number of hydrogen-bond acceptors (Lipinski definition) is 4. The molecular weight excluding hydrogens is 278 g/mol. The van der Waals surface area contributed by atoms with Gasteiger partial charge in [-0.25, -0.2) is 0 Å². The predicted octanol–water partition coefficient (Wildman–Crippen LogP) is 3.08. The van der Waals surface area contributed by atoms with Crippen LogP contribution in [0.25, 0.3) is 0 Å². The number of rotatable bonds is 5. The molecule has 0 spiro atoms. The first kappa shape index (κ1) is 16.9. The van der Waals surface area contributed by atoms with Crippen molar-refractivity contribution in [2.75, 3.05) is 32.7 Å². The van der Waals surface area contributed by atoms with E-state index in [2.05, 4.69) is 55.8 Å². The summed E-state index contributed by atoms with van der Waals surface area (Å²) in [6.07, 6.45) is 0. The minimum absolute atomic E-state index is 0.189. The first-order valence-corrected chi connectivity index (χ1v) is 8.97. The van der Waals surface area contributed by atoms with Crippen LogP contribution in [0.5, 0.6) is 0 Å². The smallest absolute Gasteiger partial charge is 0.0304 e. The van der Waals surface area contributed by atoms with E-state index < -0.39 is 0 Å². The van der Waals surface area contributed by atoms with Gasteiger partial charge in [0.15, 0.2) is 0 Å². The highest BCUT2D eigenvalue weighted by atomic mass is 32.1. The summed E-state index contributed by atoms with van der Waals surface area (Å²) in [7, 11) is 0. The molecular formula is C17H31N3S. The van der Waals surface area contributed by atoms with Crippen LogP contribution in [0.1, 0.15) is 43.0 Å². The first-order valence-electron chi connectivity index (χ1n) is 8.15. The van der Waals surface area contributed by atoms with Gasteiger partial charge in [0, 0.05) is 54.6 Å². The lowest BCUT2D eigenvalue weighted by molar-refractivity contribution is 0.132. The second kappa shape index (κ2) is 7.23. The second-order valence-corrected chi connectivity index (χ2v) is 8.45. The van der Waals surface area contributed by atoms with Crippen LogP contribution in [0.4, 0.5) is 0 Å². The van der Waals surface area contributed by atoms with Gasteiger partial charge in [-0.1, -0.05) is 6.92 Å². The van der Waals surface area contributed by atoms with Crippen molar-refractivity contribution in [1.29, 1.82) is 0 Å². The van der Waals surface area contributed by atoms with Crippen molar-refractivity contribution in [3.8, 4) is 0 Å². The molecule has 4 heteroatoms. The van der Waals surface area contributed by atoms with Crippen molar-refractivity contribution in [2.45, 2.75) is 53.2 Å². The largest absolute Gasteiger partial charge is 0.307 e. The first-order chi connectivity index (χ1) is 9.87. The van der Waals surface area contributed by atoms with Crippen molar-refractivity contribution in [3.05, 3.63) is 21.4 Å². The minimum atomic E-state index is 0.189. The van der Waals surface area contributed by atoms with Gasteiger partial charge in [-0.2, -0.15) is 0 Å². The molecule has 1 aliphatic rings. The van der Waals surface area contributed by atoms with Crippen LogP contribution >= 0.6 is 11.3 Å². The van der Waals surface area contributed by atoms with Crippen molar-refractivity contribution >= 4 is 11.3 Å². The van der Waals surface area contributed by atoms with E-state index in [0.29, 0.717) is 0 Å². The molecule has 2 rings (SSSR count). The second-order valence-electron chi connectivity index (χ2n) is 7.11. The Hall–Kier alpha value is -0.420. The molecule has 0 unspecified atom stereocenters. The number of nitrogens with zero attached hydrogens (tertiary/aromatic N) is 2. The average molecular weight is 310 g/mol. The van der Waals surface area contributed by atoms with Crippen LogP contribution in [0.2, 0.25) is 0 Å². The van der Waals surface area contributed by atoms with Crippen molar-refractivity contribution in [3.63, 3.8) is 0 Å². The molecule has 1 fully saturated rings. The Labute approximate surface area is 134 Å². The van der Waals surface area contributed by atoms with Gasteiger partial charge in [0.25, 0.3) is 0 Å². The summed E-state index contributed by atoms with van der Waals surface area (Å²) in [5.41, 5.74) is 1.71. The number of hydrogen-bond donors (Lipinski definition) is 1. The third-order valence-corrected chi connectivity index (χ3v) is 5.26. The minimum Gasteiger partial charge on any atom is -0.307 e. The number of likely N-dealkylation sites (N-methyl/N-ethyl adjacent to an activating group) is 1. The SMILES string of the molecule is CCN1CCN(Cc2cc(CNC(C)(C)C)sc2C)CC1. The Morgan fingerprint density at radius 3 is 2.33 bits per heavy atom. The third kappa shape index (κ3) is 5.37. The molecule has 0 saturated carbocycles. The Bertz CT molecular complexity index is 439. The van der Waals surface area contributed by atoms with E-state index >= 15 is 0 Å². The lowest BCUT2D eigenvalue weighted by Crippen LogP contribution is -2.45. The van der Waals surface area contributed by atoms with Crippen LogP contribution in [0.3, 0.4) is 0 Å². The summed E-state index contributed by atoms with van der Waals surface area (Å²) in [6.45, 7) is 19.3. The van der Waals surface area contributed by atoms with Crippen LogP contribution < -0.4 is 5.32 Å². The molecule has 0 aliphatic carbocycles. The lowest BCUT2D eigenvalue weighted by atomic mass is 10.1. The van der Waals surface area contributed by atoms with E-state index in [4.69, 9.17) is 0 Å². The fourth-order valence-corrected chi connectivity index (χ4v) is 3.68. The fraction of sp³-hybridized carbons (Fsp3) is 0.765. The molecule has 0 radical (unpaired) electrons. The van der Waals surface area contributed by atoms with Crippen LogP contribution in [-0.4, -0.2) is 48.1 Å². The molecule has 2 heterocycles. The molecule has 3 nitrogen and oxygen atoms in total. The van der Waals surface area contributed by atoms with E-state index in [0.717, 1.165) is 13.1 Å². The zero-order valence-electron chi connectivity index (χ0n) is 14.3. The molecule has 21 heavy (non-hydrogen) atoms. The Morgan fingerprint density at radius 1 is 1.14 bits per heavy atom. The van der Waals surface area contributed by atoms with Crippen LogP contribution in [0, 0.1) is 6.92 Å². The van der Waals surface area contributed by atoms with Gasteiger partial charge in [0.05, 0.1) is 0 Å². The summed E-state index contributed by atoms with van der Waals surface area (Å²) in [4.78, 5) is 8.08. The molecule has 0 amide bonds. The third-order valence-electron chi connectivity index (χ3n) is 4.17. The maximum absolute atomic E-state index is 3.59. The van der Waals surface area contributed by atoms with Gasteiger partial charge in [-0.15, -0.1) is 11.3 Å². The summed E-state index contributed by atoms with van der Waals surface area (Å²) in [5.74, 6) is 0. The molecule has 0 aromatic carbocycles. The molecule has 1 saturated heterocycles. The van der Waals surface area contributed by atoms with Crippen LogP contribution in [-0.2, 0) is 13.1 Å². The van der Waals surface area contributed by atoms with Gasteiger partial charge < -0.3 is 10.2 Å².